The number of hydrogen-bond acceptors (Lipinski definition) is 5. The van der Waals surface area contributed by atoms with Gasteiger partial charge in [-0.25, -0.2) is 15.0 Å². The molecule has 0 saturated carbocycles. The molecule has 5 heteroatoms. The molecule has 10 rings (SSSR count). The molecule has 2 aliphatic rings. The van der Waals surface area contributed by atoms with Gasteiger partial charge in [-0.3, -0.25) is 0 Å². The van der Waals surface area contributed by atoms with Gasteiger partial charge in [0.2, 0.25) is 0 Å². The van der Waals surface area contributed by atoms with Crippen molar-refractivity contribution in [3.8, 4) is 45.7 Å². The van der Waals surface area contributed by atoms with Crippen molar-refractivity contribution in [1.82, 2.24) is 15.0 Å². The third-order valence-electron chi connectivity index (χ3n) is 10.1. The molecule has 0 amide bonds. The third kappa shape index (κ3) is 4.84. The second-order valence-corrected chi connectivity index (χ2v) is 14.2. The normalized spacial score (nSPS) is 14.0. The van der Waals surface area contributed by atoms with Crippen LogP contribution in [0, 0.1) is 0 Å². The van der Waals surface area contributed by atoms with Gasteiger partial charge in [0.05, 0.1) is 5.41 Å². The molecule has 6 aromatic carbocycles. The standard InChI is InChI=1S/C46H31N3OS/c1-4-14-30(15-5-1)43-47-44(49-45(48-43)32-24-26-36-35-20-10-13-23-41(35)51-42(36)29-32)31-25-27-40-38(28-31)46(33-16-6-2-7-17-33,34-18-8-3-9-19-34)37-21-11-12-22-39(37)50-40/h1-12,14-22,24-29H,13,23H2. The molecule has 0 fully saturated rings. The molecule has 8 aromatic rings. The summed E-state index contributed by atoms with van der Waals surface area (Å²) >= 11 is 1.88. The molecule has 3 heterocycles. The molecule has 0 N–H and O–H groups in total. The lowest BCUT2D eigenvalue weighted by atomic mass is 9.63. The molecule has 0 bridgehead atoms. The second-order valence-electron chi connectivity index (χ2n) is 13.1. The zero-order valence-electron chi connectivity index (χ0n) is 27.7. The largest absolute Gasteiger partial charge is 0.457 e. The Labute approximate surface area is 300 Å². The Kier molecular flexibility index (Phi) is 7.00. The maximum Gasteiger partial charge on any atom is 0.164 e. The number of allylic oxidation sites excluding steroid dienone is 1. The van der Waals surface area contributed by atoms with Gasteiger partial charge in [0.15, 0.2) is 17.5 Å². The summed E-state index contributed by atoms with van der Waals surface area (Å²) in [6, 6.07) is 53.0. The fourth-order valence-electron chi connectivity index (χ4n) is 7.79. The van der Waals surface area contributed by atoms with Crippen molar-refractivity contribution in [3.05, 3.63) is 190 Å². The molecule has 1 aliphatic heterocycles. The first kappa shape index (κ1) is 29.7. The molecule has 242 valence electrons. The number of nitrogens with zero attached hydrogens (tertiary/aromatic N) is 3. The van der Waals surface area contributed by atoms with Gasteiger partial charge in [0, 0.05) is 37.4 Å². The van der Waals surface area contributed by atoms with Crippen molar-refractivity contribution in [1.29, 1.82) is 0 Å². The predicted octanol–water partition coefficient (Wildman–Crippen LogP) is 11.5. The lowest BCUT2D eigenvalue weighted by molar-refractivity contribution is 0.434. The van der Waals surface area contributed by atoms with Crippen molar-refractivity contribution >= 4 is 27.5 Å². The molecular weight excluding hydrogens is 643 g/mol. The highest BCUT2D eigenvalue weighted by molar-refractivity contribution is 7.19. The summed E-state index contributed by atoms with van der Waals surface area (Å²) in [5.41, 5.74) is 7.98. The van der Waals surface area contributed by atoms with Gasteiger partial charge in [-0.15, -0.1) is 11.3 Å². The lowest BCUT2D eigenvalue weighted by Gasteiger charge is -2.41. The van der Waals surface area contributed by atoms with E-state index >= 15 is 0 Å². The molecule has 51 heavy (non-hydrogen) atoms. The van der Waals surface area contributed by atoms with E-state index in [9.17, 15) is 0 Å². The van der Waals surface area contributed by atoms with E-state index < -0.39 is 5.41 Å². The van der Waals surface area contributed by atoms with Gasteiger partial charge >= 0.3 is 0 Å². The van der Waals surface area contributed by atoms with Gasteiger partial charge in [-0.05, 0) is 65.3 Å². The summed E-state index contributed by atoms with van der Waals surface area (Å²) in [4.78, 5) is 16.9. The summed E-state index contributed by atoms with van der Waals surface area (Å²) in [5.74, 6) is 3.56. The van der Waals surface area contributed by atoms with Crippen LogP contribution in [0.4, 0.5) is 0 Å². The van der Waals surface area contributed by atoms with E-state index in [-0.39, 0.29) is 0 Å². The number of fused-ring (bicyclic) bond motifs is 5. The average molecular weight is 674 g/mol. The molecule has 4 nitrogen and oxygen atoms in total. The number of para-hydroxylation sites is 1. The summed E-state index contributed by atoms with van der Waals surface area (Å²) in [6.07, 6.45) is 6.74. The number of hydrogen-bond donors (Lipinski definition) is 0. The van der Waals surface area contributed by atoms with Crippen LogP contribution in [0.1, 0.15) is 39.1 Å². The maximum atomic E-state index is 6.67. The Morgan fingerprint density at radius 1 is 0.529 bits per heavy atom. The van der Waals surface area contributed by atoms with E-state index in [0.29, 0.717) is 17.5 Å². The van der Waals surface area contributed by atoms with Crippen LogP contribution >= 0.6 is 11.3 Å². The summed E-state index contributed by atoms with van der Waals surface area (Å²) in [6.45, 7) is 0. The smallest absolute Gasteiger partial charge is 0.164 e. The average Bonchev–Trinajstić information content (AvgIpc) is 3.58. The van der Waals surface area contributed by atoms with E-state index in [0.717, 1.165) is 63.3 Å². The van der Waals surface area contributed by atoms with Crippen LogP contribution in [-0.2, 0) is 11.8 Å². The molecule has 0 atom stereocenters. The van der Waals surface area contributed by atoms with E-state index in [1.54, 1.807) is 0 Å². The quantitative estimate of drug-likeness (QED) is 0.182. The highest BCUT2D eigenvalue weighted by Crippen LogP contribution is 2.55. The number of aryl methyl sites for hydroxylation is 1. The predicted molar refractivity (Wildman–Crippen MR) is 207 cm³/mol. The Morgan fingerprint density at radius 2 is 1.12 bits per heavy atom. The number of thiophene rings is 1. The topological polar surface area (TPSA) is 47.9 Å². The zero-order valence-corrected chi connectivity index (χ0v) is 28.5. The number of aromatic nitrogens is 3. The first-order chi connectivity index (χ1) is 25.3. The minimum atomic E-state index is -0.640. The third-order valence-corrected chi connectivity index (χ3v) is 11.3. The molecule has 0 spiro atoms. The van der Waals surface area contributed by atoms with Crippen molar-refractivity contribution in [3.63, 3.8) is 0 Å². The van der Waals surface area contributed by atoms with E-state index in [2.05, 4.69) is 140 Å². The van der Waals surface area contributed by atoms with Gasteiger partial charge < -0.3 is 4.74 Å². The van der Waals surface area contributed by atoms with Crippen molar-refractivity contribution in [2.75, 3.05) is 0 Å². The second kappa shape index (κ2) is 12.0. The van der Waals surface area contributed by atoms with Crippen molar-refractivity contribution in [2.24, 2.45) is 0 Å². The minimum absolute atomic E-state index is 0.615. The van der Waals surface area contributed by atoms with Gasteiger partial charge in [0.25, 0.3) is 0 Å². The first-order valence-corrected chi connectivity index (χ1v) is 18.1. The molecule has 0 unspecified atom stereocenters. The minimum Gasteiger partial charge on any atom is -0.457 e. The summed E-state index contributed by atoms with van der Waals surface area (Å²) in [7, 11) is 0. The van der Waals surface area contributed by atoms with Crippen molar-refractivity contribution < 1.29 is 4.74 Å². The highest BCUT2D eigenvalue weighted by Gasteiger charge is 2.45. The van der Waals surface area contributed by atoms with Crippen LogP contribution in [0.5, 0.6) is 11.5 Å². The van der Waals surface area contributed by atoms with Crippen LogP contribution in [0.3, 0.4) is 0 Å². The van der Waals surface area contributed by atoms with Crippen LogP contribution < -0.4 is 4.74 Å². The fraction of sp³-hybridized carbons (Fsp3) is 0.0652. The van der Waals surface area contributed by atoms with Crippen LogP contribution in [0.25, 0.3) is 50.3 Å². The molecule has 0 radical (unpaired) electrons. The molecule has 0 saturated heterocycles. The number of benzene rings is 6. The Bertz CT molecular complexity index is 2570. The Hall–Kier alpha value is -6.17. The molecule has 1 aliphatic carbocycles. The van der Waals surface area contributed by atoms with Gasteiger partial charge in [-0.2, -0.15) is 0 Å². The molecular formula is C46H31N3OS. The van der Waals surface area contributed by atoms with Crippen LogP contribution in [0.15, 0.2) is 158 Å². The van der Waals surface area contributed by atoms with E-state index in [1.165, 1.54) is 20.5 Å². The monoisotopic (exact) mass is 673 g/mol. The maximum absolute atomic E-state index is 6.67. The molecule has 2 aromatic heterocycles. The summed E-state index contributed by atoms with van der Waals surface area (Å²) < 4.78 is 7.93. The lowest BCUT2D eigenvalue weighted by Crippen LogP contribution is -2.34. The SMILES string of the molecule is C1=Cc2c(sc3cc(-c4nc(-c5ccccc5)nc(-c5ccc6c(c5)C(c5ccccc5)(c5ccccc5)c5ccccc5O6)n4)ccc23)CC1. The highest BCUT2D eigenvalue weighted by atomic mass is 32.1. The van der Waals surface area contributed by atoms with Crippen LogP contribution in [-0.4, -0.2) is 15.0 Å². The Balaban J connectivity index is 1.20. The van der Waals surface area contributed by atoms with Crippen molar-refractivity contribution in [2.45, 2.75) is 18.3 Å². The Morgan fingerprint density at radius 3 is 1.84 bits per heavy atom. The number of rotatable bonds is 5. The van der Waals surface area contributed by atoms with Gasteiger partial charge in [-0.1, -0.05) is 133 Å². The van der Waals surface area contributed by atoms with E-state index in [1.807, 2.05) is 35.6 Å². The van der Waals surface area contributed by atoms with E-state index in [4.69, 9.17) is 19.7 Å². The summed E-state index contributed by atoms with van der Waals surface area (Å²) in [5, 5.41) is 1.29. The van der Waals surface area contributed by atoms with Crippen LogP contribution in [0.2, 0.25) is 0 Å². The number of ether oxygens (including phenoxy) is 1. The zero-order chi connectivity index (χ0) is 33.8. The van der Waals surface area contributed by atoms with Gasteiger partial charge in [0.1, 0.15) is 11.5 Å². The first-order valence-electron chi connectivity index (χ1n) is 17.3. The fourth-order valence-corrected chi connectivity index (χ4v) is 9.03.